The SMILES string of the molecule is c1ccc(C2CC3C4CCCCC4C4CCCC5C6CC(c7cccc(-c8cccc9c8sc8ccccc89)c7)CCC6C(C2)C3C45)cc1. The Balaban J connectivity index is 0.948. The lowest BCUT2D eigenvalue weighted by Gasteiger charge is -2.68. The molecule has 1 heterocycles. The highest BCUT2D eigenvalue weighted by Crippen LogP contribution is 2.70. The van der Waals surface area contributed by atoms with E-state index < -0.39 is 0 Å². The van der Waals surface area contributed by atoms with E-state index in [0.29, 0.717) is 0 Å². The van der Waals surface area contributed by atoms with E-state index in [4.69, 9.17) is 0 Å². The second-order valence-electron chi connectivity index (χ2n) is 17.7. The molecule has 4 aromatic carbocycles. The zero-order valence-electron chi connectivity index (χ0n) is 29.1. The van der Waals surface area contributed by atoms with Crippen molar-refractivity contribution in [3.8, 4) is 11.1 Å². The molecule has 6 aliphatic rings. The van der Waals surface area contributed by atoms with Crippen LogP contribution in [0.2, 0.25) is 0 Å². The van der Waals surface area contributed by atoms with Crippen molar-refractivity contribution in [3.05, 3.63) is 108 Å². The van der Waals surface area contributed by atoms with E-state index in [0.717, 1.165) is 71.0 Å². The highest BCUT2D eigenvalue weighted by atomic mass is 32.1. The summed E-state index contributed by atoms with van der Waals surface area (Å²) in [5, 5.41) is 2.82. The molecular weight excluding hydrogens is 609 g/mol. The van der Waals surface area contributed by atoms with Crippen LogP contribution >= 0.6 is 11.3 Å². The molecule has 0 spiro atoms. The average molecular weight is 661 g/mol. The number of thiophene rings is 1. The Morgan fingerprint density at radius 1 is 0.429 bits per heavy atom. The quantitative estimate of drug-likeness (QED) is 0.181. The van der Waals surface area contributed by atoms with Gasteiger partial charge in [0, 0.05) is 20.2 Å². The molecule has 6 saturated carbocycles. The van der Waals surface area contributed by atoms with Crippen LogP contribution in [0.15, 0.2) is 97.1 Å². The highest BCUT2D eigenvalue weighted by Gasteiger charge is 2.63. The van der Waals surface area contributed by atoms with Gasteiger partial charge < -0.3 is 0 Å². The number of rotatable bonds is 3. The molecule has 1 heteroatoms. The minimum Gasteiger partial charge on any atom is -0.135 e. The van der Waals surface area contributed by atoms with E-state index in [-0.39, 0.29) is 0 Å². The minimum absolute atomic E-state index is 0.718. The Hall–Kier alpha value is -2.90. The monoisotopic (exact) mass is 660 g/mol. The van der Waals surface area contributed by atoms with Crippen molar-refractivity contribution in [2.45, 2.75) is 88.9 Å². The van der Waals surface area contributed by atoms with Gasteiger partial charge in [0.05, 0.1) is 0 Å². The van der Waals surface area contributed by atoms with Gasteiger partial charge in [-0.2, -0.15) is 0 Å². The second kappa shape index (κ2) is 11.8. The van der Waals surface area contributed by atoms with Crippen molar-refractivity contribution in [2.24, 2.45) is 59.2 Å². The number of hydrogen-bond donors (Lipinski definition) is 0. The fourth-order valence-corrected chi connectivity index (χ4v) is 15.7. The molecule has 0 N–H and O–H groups in total. The van der Waals surface area contributed by atoms with Crippen LogP contribution in [0.1, 0.15) is 100 Å². The largest absolute Gasteiger partial charge is 0.135 e. The van der Waals surface area contributed by atoms with E-state index >= 15 is 0 Å². The van der Waals surface area contributed by atoms with E-state index in [9.17, 15) is 0 Å². The molecule has 11 rings (SSSR count). The topological polar surface area (TPSA) is 0 Å². The molecule has 0 aliphatic heterocycles. The van der Waals surface area contributed by atoms with Crippen molar-refractivity contribution in [1.82, 2.24) is 0 Å². The summed E-state index contributed by atoms with van der Waals surface area (Å²) in [5.74, 6) is 11.6. The molecule has 0 bridgehead atoms. The molecule has 0 radical (unpaired) electrons. The molecule has 0 saturated heterocycles. The van der Waals surface area contributed by atoms with Crippen LogP contribution in [0.3, 0.4) is 0 Å². The zero-order valence-corrected chi connectivity index (χ0v) is 29.9. The predicted octanol–water partition coefficient (Wildman–Crippen LogP) is 13.5. The van der Waals surface area contributed by atoms with Crippen LogP contribution in [-0.2, 0) is 0 Å². The Labute approximate surface area is 297 Å². The maximum atomic E-state index is 2.62. The summed E-state index contributed by atoms with van der Waals surface area (Å²) in [6.45, 7) is 0. The summed E-state index contributed by atoms with van der Waals surface area (Å²) < 4.78 is 2.86. The number of fused-ring (bicyclic) bond motifs is 9. The van der Waals surface area contributed by atoms with E-state index in [1.165, 1.54) is 82.7 Å². The normalized spacial score (nSPS) is 38.0. The summed E-state index contributed by atoms with van der Waals surface area (Å²) >= 11 is 1.97. The van der Waals surface area contributed by atoms with Gasteiger partial charge in [0.2, 0.25) is 0 Å². The first-order chi connectivity index (χ1) is 24.3. The molecule has 6 fully saturated rings. The van der Waals surface area contributed by atoms with Crippen LogP contribution < -0.4 is 0 Å². The molecule has 49 heavy (non-hydrogen) atoms. The molecule has 5 aromatic rings. The average Bonchev–Trinajstić information content (AvgIpc) is 3.56. The van der Waals surface area contributed by atoms with E-state index in [1.54, 1.807) is 36.8 Å². The van der Waals surface area contributed by atoms with Gasteiger partial charge in [0.15, 0.2) is 0 Å². The lowest BCUT2D eigenvalue weighted by atomic mass is 9.37. The standard InChI is InChI=1S/C48H52S/c1-2-11-29(12-3-1)33-27-43-36-16-5-4-15-35(36)39-19-10-20-40-42-26-31(23-24-37(42)44(28-33)47(43)46(39)40)30-13-8-14-32(25-30)34-18-9-21-41-38-17-6-7-22-45(38)49-48(34)41/h1-3,6-9,11-14,17-18,21-22,25,31,33,35-37,39-40,42-44,46-47H,4-5,10,15-16,19-20,23-24,26-28H2. The fraction of sp³-hybridized carbons (Fsp3) is 0.500. The Morgan fingerprint density at radius 2 is 1.06 bits per heavy atom. The predicted molar refractivity (Wildman–Crippen MR) is 207 cm³/mol. The van der Waals surface area contributed by atoms with Crippen LogP contribution in [-0.4, -0.2) is 0 Å². The van der Waals surface area contributed by atoms with Gasteiger partial charge in [-0.1, -0.05) is 110 Å². The molecule has 6 aliphatic carbocycles. The van der Waals surface area contributed by atoms with Crippen molar-refractivity contribution >= 4 is 31.5 Å². The van der Waals surface area contributed by atoms with Crippen molar-refractivity contribution in [2.75, 3.05) is 0 Å². The van der Waals surface area contributed by atoms with Gasteiger partial charge in [0.1, 0.15) is 0 Å². The third kappa shape index (κ3) is 4.66. The number of hydrogen-bond acceptors (Lipinski definition) is 1. The first kappa shape index (κ1) is 29.8. The summed E-state index contributed by atoms with van der Waals surface area (Å²) in [5.41, 5.74) is 6.14. The molecule has 0 nitrogen and oxygen atoms in total. The molecule has 1 aromatic heterocycles. The minimum atomic E-state index is 0.718. The fourth-order valence-electron chi connectivity index (χ4n) is 14.5. The Morgan fingerprint density at radius 3 is 1.92 bits per heavy atom. The molecule has 0 amide bonds. The third-order valence-corrected chi connectivity index (χ3v) is 17.2. The first-order valence-corrected chi connectivity index (χ1v) is 21.2. The zero-order chi connectivity index (χ0) is 32.1. The summed E-state index contributed by atoms with van der Waals surface area (Å²) in [6, 6.07) is 37.7. The van der Waals surface area contributed by atoms with Crippen LogP contribution in [0.5, 0.6) is 0 Å². The summed E-state index contributed by atoms with van der Waals surface area (Å²) in [4.78, 5) is 0. The maximum Gasteiger partial charge on any atom is 0.0433 e. The lowest BCUT2D eigenvalue weighted by Crippen LogP contribution is -2.62. The summed E-state index contributed by atoms with van der Waals surface area (Å²) in [7, 11) is 0. The molecule has 250 valence electrons. The van der Waals surface area contributed by atoms with E-state index in [1.807, 2.05) is 11.3 Å². The highest BCUT2D eigenvalue weighted by molar-refractivity contribution is 7.26. The van der Waals surface area contributed by atoms with Crippen molar-refractivity contribution < 1.29 is 0 Å². The van der Waals surface area contributed by atoms with Gasteiger partial charge >= 0.3 is 0 Å². The Kier molecular flexibility index (Phi) is 7.19. The van der Waals surface area contributed by atoms with Gasteiger partial charge in [0.25, 0.3) is 0 Å². The first-order valence-electron chi connectivity index (χ1n) is 20.4. The third-order valence-electron chi connectivity index (χ3n) is 16.0. The van der Waals surface area contributed by atoms with Crippen molar-refractivity contribution in [3.63, 3.8) is 0 Å². The number of benzene rings is 4. The smallest absolute Gasteiger partial charge is 0.0433 e. The van der Waals surface area contributed by atoms with Gasteiger partial charge in [-0.05, 0) is 157 Å². The van der Waals surface area contributed by atoms with Gasteiger partial charge in [-0.3, -0.25) is 0 Å². The molecule has 12 unspecified atom stereocenters. The van der Waals surface area contributed by atoms with Crippen LogP contribution in [0, 0.1) is 59.2 Å². The molecular formula is C48H52S. The maximum absolute atomic E-state index is 2.62. The molecule has 12 atom stereocenters. The van der Waals surface area contributed by atoms with E-state index in [2.05, 4.69) is 97.1 Å². The van der Waals surface area contributed by atoms with Crippen LogP contribution in [0.25, 0.3) is 31.3 Å². The Bertz CT molecular complexity index is 1980. The van der Waals surface area contributed by atoms with Gasteiger partial charge in [-0.15, -0.1) is 11.3 Å². The second-order valence-corrected chi connectivity index (χ2v) is 18.7. The van der Waals surface area contributed by atoms with Crippen molar-refractivity contribution in [1.29, 1.82) is 0 Å². The lowest BCUT2D eigenvalue weighted by molar-refractivity contribution is -0.190. The summed E-state index contributed by atoms with van der Waals surface area (Å²) in [6.07, 6.45) is 18.1. The van der Waals surface area contributed by atoms with Crippen LogP contribution in [0.4, 0.5) is 0 Å². The van der Waals surface area contributed by atoms with Gasteiger partial charge in [-0.25, -0.2) is 0 Å².